The number of rotatable bonds is 8. The van der Waals surface area contributed by atoms with E-state index < -0.39 is 8.07 Å². The molecule has 1 N–H and O–H groups in total. The van der Waals surface area contributed by atoms with Crippen LogP contribution in [0.4, 0.5) is 0 Å². The molecule has 0 aliphatic rings. The zero-order valence-electron chi connectivity index (χ0n) is 10.1. The molecule has 4 heteroatoms. The van der Waals surface area contributed by atoms with Crippen molar-refractivity contribution in [3.05, 3.63) is 0 Å². The average molecular weight is 229 g/mol. The van der Waals surface area contributed by atoms with Gasteiger partial charge in [0.05, 0.1) is 0 Å². The van der Waals surface area contributed by atoms with Gasteiger partial charge in [0, 0.05) is 27.5 Å². The van der Waals surface area contributed by atoms with Crippen LogP contribution in [0.1, 0.15) is 25.7 Å². The molecule has 0 heterocycles. The fourth-order valence-electron chi connectivity index (χ4n) is 1.28. The van der Waals surface area contributed by atoms with E-state index in [2.05, 4.69) is 25.0 Å². The molecule has 0 saturated carbocycles. The lowest BCUT2D eigenvalue weighted by molar-refractivity contribution is -0.121. The summed E-state index contributed by atoms with van der Waals surface area (Å²) in [6.07, 6.45) is 3.57. The molecule has 0 radical (unpaired) electrons. The summed E-state index contributed by atoms with van der Waals surface area (Å²) in [4.78, 5) is 21.3. The highest BCUT2D eigenvalue weighted by Crippen LogP contribution is 2.09. The van der Waals surface area contributed by atoms with Crippen molar-refractivity contribution in [2.45, 2.75) is 51.4 Å². The molecule has 0 aliphatic carbocycles. The SMILES string of the molecule is C[Si](C)(C)CCCNC(=O)CCCC=O. The first-order valence-electron chi connectivity index (χ1n) is 5.66. The molecule has 0 bridgehead atoms. The second-order valence-corrected chi connectivity index (χ2v) is 10.7. The van der Waals surface area contributed by atoms with Crippen molar-refractivity contribution in [2.24, 2.45) is 0 Å². The zero-order chi connectivity index (χ0) is 11.7. The molecule has 0 unspecified atom stereocenters. The number of hydrogen-bond acceptors (Lipinski definition) is 2. The molecule has 88 valence electrons. The fourth-order valence-corrected chi connectivity index (χ4v) is 2.52. The molecular weight excluding hydrogens is 206 g/mol. The van der Waals surface area contributed by atoms with Crippen molar-refractivity contribution in [3.8, 4) is 0 Å². The molecule has 3 nitrogen and oxygen atoms in total. The predicted octanol–water partition coefficient (Wildman–Crippen LogP) is 2.20. The number of unbranched alkanes of at least 4 members (excludes halogenated alkanes) is 1. The molecule has 1 amide bonds. The van der Waals surface area contributed by atoms with Crippen LogP contribution in [0.15, 0.2) is 0 Å². The summed E-state index contributed by atoms with van der Waals surface area (Å²) in [6.45, 7) is 7.78. The summed E-state index contributed by atoms with van der Waals surface area (Å²) in [5.41, 5.74) is 0. The normalized spacial score (nSPS) is 11.1. The van der Waals surface area contributed by atoms with Gasteiger partial charge in [-0.15, -0.1) is 0 Å². The summed E-state index contributed by atoms with van der Waals surface area (Å²) >= 11 is 0. The standard InChI is InChI=1S/C11H23NO2Si/c1-15(2,3)10-6-8-12-11(14)7-4-5-9-13/h9H,4-8,10H2,1-3H3,(H,12,14). The molecule has 0 rings (SSSR count). The minimum absolute atomic E-state index is 0.0763. The summed E-state index contributed by atoms with van der Waals surface area (Å²) in [5.74, 6) is 0.0763. The second-order valence-electron chi connectivity index (χ2n) is 5.07. The maximum Gasteiger partial charge on any atom is 0.220 e. The quantitative estimate of drug-likeness (QED) is 0.394. The van der Waals surface area contributed by atoms with Gasteiger partial charge in [-0.1, -0.05) is 25.7 Å². The molecule has 0 aromatic rings. The number of carbonyl (C=O) groups is 2. The number of aldehydes is 1. The van der Waals surface area contributed by atoms with Gasteiger partial charge in [0.25, 0.3) is 0 Å². The van der Waals surface area contributed by atoms with Crippen molar-refractivity contribution >= 4 is 20.3 Å². The van der Waals surface area contributed by atoms with Gasteiger partial charge >= 0.3 is 0 Å². The van der Waals surface area contributed by atoms with Crippen LogP contribution in [-0.2, 0) is 9.59 Å². The van der Waals surface area contributed by atoms with E-state index in [9.17, 15) is 9.59 Å². The van der Waals surface area contributed by atoms with Gasteiger partial charge < -0.3 is 10.1 Å². The van der Waals surface area contributed by atoms with Gasteiger partial charge in [-0.3, -0.25) is 4.79 Å². The van der Waals surface area contributed by atoms with E-state index in [1.807, 2.05) is 0 Å². The van der Waals surface area contributed by atoms with Gasteiger partial charge in [0.15, 0.2) is 0 Å². The molecule has 0 fully saturated rings. The van der Waals surface area contributed by atoms with E-state index >= 15 is 0 Å². The van der Waals surface area contributed by atoms with Gasteiger partial charge in [-0.2, -0.15) is 0 Å². The van der Waals surface area contributed by atoms with Crippen molar-refractivity contribution in [2.75, 3.05) is 6.54 Å². The Morgan fingerprint density at radius 2 is 1.93 bits per heavy atom. The van der Waals surface area contributed by atoms with Crippen LogP contribution in [0.3, 0.4) is 0 Å². The molecular formula is C11H23NO2Si. The summed E-state index contributed by atoms with van der Waals surface area (Å²) in [6, 6.07) is 1.25. The molecule has 0 saturated heterocycles. The zero-order valence-corrected chi connectivity index (χ0v) is 11.1. The molecule has 0 aromatic carbocycles. The number of amides is 1. The largest absolute Gasteiger partial charge is 0.356 e. The second kappa shape index (κ2) is 7.62. The maximum absolute atomic E-state index is 11.2. The lowest BCUT2D eigenvalue weighted by atomic mass is 10.2. The molecule has 15 heavy (non-hydrogen) atoms. The molecule has 0 spiro atoms. The Bertz CT molecular complexity index is 199. The van der Waals surface area contributed by atoms with Crippen molar-refractivity contribution in [1.29, 1.82) is 0 Å². The van der Waals surface area contributed by atoms with Crippen molar-refractivity contribution < 1.29 is 9.59 Å². The first kappa shape index (κ1) is 14.4. The lowest BCUT2D eigenvalue weighted by Crippen LogP contribution is -2.27. The average Bonchev–Trinajstić information content (AvgIpc) is 2.11. The van der Waals surface area contributed by atoms with Crippen molar-refractivity contribution in [1.82, 2.24) is 5.32 Å². The number of nitrogens with one attached hydrogen (secondary N) is 1. The van der Waals surface area contributed by atoms with E-state index in [0.717, 1.165) is 19.3 Å². The van der Waals surface area contributed by atoms with E-state index in [1.54, 1.807) is 0 Å². The summed E-state index contributed by atoms with van der Waals surface area (Å²) in [5, 5.41) is 2.88. The first-order valence-corrected chi connectivity index (χ1v) is 9.37. The Hall–Kier alpha value is -0.643. The summed E-state index contributed by atoms with van der Waals surface area (Å²) < 4.78 is 0. The van der Waals surface area contributed by atoms with Crippen LogP contribution in [0.5, 0.6) is 0 Å². The van der Waals surface area contributed by atoms with Gasteiger partial charge in [0.1, 0.15) is 6.29 Å². The van der Waals surface area contributed by atoms with Crippen LogP contribution in [0.2, 0.25) is 25.7 Å². The third-order valence-electron chi connectivity index (χ3n) is 2.15. The first-order chi connectivity index (χ1) is 6.95. The Kier molecular flexibility index (Phi) is 7.30. The van der Waals surface area contributed by atoms with Crippen LogP contribution in [-0.4, -0.2) is 26.8 Å². The van der Waals surface area contributed by atoms with E-state index in [1.165, 1.54) is 6.04 Å². The number of carbonyl (C=O) groups excluding carboxylic acids is 2. The maximum atomic E-state index is 11.2. The lowest BCUT2D eigenvalue weighted by Gasteiger charge is -2.15. The van der Waals surface area contributed by atoms with Gasteiger partial charge in [-0.05, 0) is 12.8 Å². The van der Waals surface area contributed by atoms with Gasteiger partial charge in [0.2, 0.25) is 5.91 Å². The van der Waals surface area contributed by atoms with Crippen molar-refractivity contribution in [3.63, 3.8) is 0 Å². The van der Waals surface area contributed by atoms with E-state index in [0.29, 0.717) is 19.3 Å². The Balaban J connectivity index is 3.35. The third kappa shape index (κ3) is 11.3. The Morgan fingerprint density at radius 1 is 1.27 bits per heavy atom. The number of hydrogen-bond donors (Lipinski definition) is 1. The highest BCUT2D eigenvalue weighted by molar-refractivity contribution is 6.76. The minimum Gasteiger partial charge on any atom is -0.356 e. The molecule has 0 atom stereocenters. The summed E-state index contributed by atoms with van der Waals surface area (Å²) in [7, 11) is -0.958. The van der Waals surface area contributed by atoms with Crippen LogP contribution in [0, 0.1) is 0 Å². The monoisotopic (exact) mass is 229 g/mol. The fraction of sp³-hybridized carbons (Fsp3) is 0.818. The Morgan fingerprint density at radius 3 is 2.47 bits per heavy atom. The van der Waals surface area contributed by atoms with Crippen LogP contribution >= 0.6 is 0 Å². The molecule has 0 aromatic heterocycles. The van der Waals surface area contributed by atoms with Crippen LogP contribution < -0.4 is 5.32 Å². The highest BCUT2D eigenvalue weighted by Gasteiger charge is 2.11. The Labute approximate surface area is 93.6 Å². The molecule has 0 aliphatic heterocycles. The van der Waals surface area contributed by atoms with E-state index in [4.69, 9.17) is 0 Å². The smallest absolute Gasteiger partial charge is 0.220 e. The van der Waals surface area contributed by atoms with E-state index in [-0.39, 0.29) is 5.91 Å². The highest BCUT2D eigenvalue weighted by atomic mass is 28.3. The topological polar surface area (TPSA) is 46.2 Å². The predicted molar refractivity (Wildman–Crippen MR) is 65.7 cm³/mol. The van der Waals surface area contributed by atoms with Crippen LogP contribution in [0.25, 0.3) is 0 Å². The van der Waals surface area contributed by atoms with Gasteiger partial charge in [-0.25, -0.2) is 0 Å². The third-order valence-corrected chi connectivity index (χ3v) is 4.01. The minimum atomic E-state index is -0.958.